The van der Waals surface area contributed by atoms with Gasteiger partial charge in [0.25, 0.3) is 5.91 Å². The first-order chi connectivity index (χ1) is 11.2. The lowest BCUT2D eigenvalue weighted by Gasteiger charge is -2.22. The topological polar surface area (TPSA) is 87.7 Å². The Morgan fingerprint density at radius 3 is 2.87 bits per heavy atom. The van der Waals surface area contributed by atoms with Crippen LogP contribution in [-0.2, 0) is 0 Å². The maximum absolute atomic E-state index is 12.8. The fourth-order valence-electron chi connectivity index (χ4n) is 2.99. The summed E-state index contributed by atoms with van der Waals surface area (Å²) in [6, 6.07) is 7.44. The number of hydrogen-bond donors (Lipinski definition) is 1. The molecule has 0 aliphatic carbocycles. The van der Waals surface area contributed by atoms with Gasteiger partial charge in [-0.25, -0.2) is 9.97 Å². The van der Waals surface area contributed by atoms with Gasteiger partial charge in [-0.15, -0.1) is 0 Å². The van der Waals surface area contributed by atoms with Crippen LogP contribution in [0.25, 0.3) is 11.0 Å². The second-order valence-electron chi connectivity index (χ2n) is 5.68. The zero-order chi connectivity index (χ0) is 15.8. The Balaban J connectivity index is 1.66. The van der Waals surface area contributed by atoms with Crippen molar-refractivity contribution in [2.45, 2.75) is 25.8 Å². The van der Waals surface area contributed by atoms with Crippen LogP contribution < -0.4 is 0 Å². The molecule has 1 aliphatic rings. The highest BCUT2D eigenvalue weighted by Crippen LogP contribution is 2.30. The lowest BCUT2D eigenvalue weighted by molar-refractivity contribution is 0.0724. The van der Waals surface area contributed by atoms with Crippen LogP contribution in [0.5, 0.6) is 0 Å². The highest BCUT2D eigenvalue weighted by atomic mass is 16.2. The molecule has 1 fully saturated rings. The van der Waals surface area contributed by atoms with E-state index in [4.69, 9.17) is 0 Å². The maximum Gasteiger partial charge on any atom is 0.274 e. The largest absolute Gasteiger partial charge is 0.327 e. The number of benzene rings is 1. The van der Waals surface area contributed by atoms with Crippen molar-refractivity contribution in [2.24, 2.45) is 0 Å². The average Bonchev–Trinajstić information content (AvgIpc) is 3.22. The molecular weight excluding hydrogens is 292 g/mol. The Morgan fingerprint density at radius 1 is 1.26 bits per heavy atom. The van der Waals surface area contributed by atoms with Crippen molar-refractivity contribution in [1.82, 2.24) is 30.0 Å². The van der Waals surface area contributed by atoms with Crippen molar-refractivity contribution in [3.05, 3.63) is 47.8 Å². The Morgan fingerprint density at radius 2 is 2.09 bits per heavy atom. The molecule has 1 saturated heterocycles. The van der Waals surface area contributed by atoms with Gasteiger partial charge in [-0.05, 0) is 31.9 Å². The zero-order valence-electron chi connectivity index (χ0n) is 12.7. The number of fused-ring (bicyclic) bond motifs is 1. The molecule has 1 atom stereocenters. The average molecular weight is 308 g/mol. The number of amides is 1. The molecule has 4 rings (SSSR count). The van der Waals surface area contributed by atoms with Crippen molar-refractivity contribution in [1.29, 1.82) is 0 Å². The van der Waals surface area contributed by atoms with Crippen LogP contribution in [0.2, 0.25) is 0 Å². The van der Waals surface area contributed by atoms with E-state index in [1.165, 1.54) is 0 Å². The first kappa shape index (κ1) is 13.8. The quantitative estimate of drug-likeness (QED) is 0.782. The van der Waals surface area contributed by atoms with Gasteiger partial charge >= 0.3 is 0 Å². The number of aryl methyl sites for hydroxylation is 1. The molecule has 1 amide bonds. The molecule has 0 spiro atoms. The van der Waals surface area contributed by atoms with Gasteiger partial charge in [0, 0.05) is 6.54 Å². The van der Waals surface area contributed by atoms with E-state index in [9.17, 15) is 4.79 Å². The minimum atomic E-state index is -0.117. The van der Waals surface area contributed by atoms with E-state index >= 15 is 0 Å². The van der Waals surface area contributed by atoms with Gasteiger partial charge in [0.15, 0.2) is 5.82 Å². The molecule has 116 valence electrons. The number of likely N-dealkylation sites (tertiary alicyclic amines) is 1. The van der Waals surface area contributed by atoms with Gasteiger partial charge in [0.05, 0.1) is 23.3 Å². The van der Waals surface area contributed by atoms with Crippen molar-refractivity contribution < 1.29 is 4.79 Å². The Kier molecular flexibility index (Phi) is 3.25. The van der Waals surface area contributed by atoms with Crippen LogP contribution in [-0.4, -0.2) is 42.5 Å². The smallest absolute Gasteiger partial charge is 0.274 e. The van der Waals surface area contributed by atoms with Crippen LogP contribution in [0.3, 0.4) is 0 Å². The highest BCUT2D eigenvalue weighted by Gasteiger charge is 2.33. The summed E-state index contributed by atoms with van der Waals surface area (Å²) in [4.78, 5) is 27.8. The molecule has 1 aliphatic heterocycles. The van der Waals surface area contributed by atoms with Crippen LogP contribution in [0, 0.1) is 6.92 Å². The third-order valence-electron chi connectivity index (χ3n) is 4.09. The summed E-state index contributed by atoms with van der Waals surface area (Å²) in [6.07, 6.45) is 3.35. The number of aromatic amines is 1. The van der Waals surface area contributed by atoms with E-state index in [0.717, 1.165) is 29.7 Å². The van der Waals surface area contributed by atoms with E-state index < -0.39 is 0 Å². The first-order valence-corrected chi connectivity index (χ1v) is 7.64. The van der Waals surface area contributed by atoms with Gasteiger partial charge in [-0.2, -0.15) is 5.10 Å². The summed E-state index contributed by atoms with van der Waals surface area (Å²) in [5.41, 5.74) is 1.87. The molecular formula is C16H16N6O. The molecule has 2 aromatic heterocycles. The lowest BCUT2D eigenvalue weighted by Crippen LogP contribution is -2.31. The fourth-order valence-corrected chi connectivity index (χ4v) is 2.99. The molecule has 0 saturated carbocycles. The monoisotopic (exact) mass is 308 g/mol. The molecule has 1 N–H and O–H groups in total. The van der Waals surface area contributed by atoms with Gasteiger partial charge in [-0.1, -0.05) is 12.1 Å². The molecule has 0 unspecified atom stereocenters. The van der Waals surface area contributed by atoms with Gasteiger partial charge in [0.1, 0.15) is 11.5 Å². The zero-order valence-corrected chi connectivity index (χ0v) is 12.7. The molecule has 1 aromatic carbocycles. The number of carbonyl (C=O) groups is 1. The molecule has 0 radical (unpaired) electrons. The van der Waals surface area contributed by atoms with Crippen LogP contribution >= 0.6 is 0 Å². The summed E-state index contributed by atoms with van der Waals surface area (Å²) in [7, 11) is 0. The van der Waals surface area contributed by atoms with Gasteiger partial charge in [-0.3, -0.25) is 14.9 Å². The molecule has 23 heavy (non-hydrogen) atoms. The highest BCUT2D eigenvalue weighted by molar-refractivity contribution is 5.94. The normalized spacial score (nSPS) is 17.8. The van der Waals surface area contributed by atoms with Crippen LogP contribution in [0.1, 0.15) is 41.0 Å². The number of para-hydroxylation sites is 2. The minimum Gasteiger partial charge on any atom is -0.327 e. The van der Waals surface area contributed by atoms with Crippen molar-refractivity contribution in [2.75, 3.05) is 6.54 Å². The molecule has 3 aromatic rings. The van der Waals surface area contributed by atoms with E-state index in [1.54, 1.807) is 11.1 Å². The van der Waals surface area contributed by atoms with Gasteiger partial charge in [0.2, 0.25) is 0 Å². The summed E-state index contributed by atoms with van der Waals surface area (Å²) >= 11 is 0. The number of rotatable bonds is 2. The second kappa shape index (κ2) is 5.42. The second-order valence-corrected chi connectivity index (χ2v) is 5.68. The van der Waals surface area contributed by atoms with Crippen LogP contribution in [0.4, 0.5) is 0 Å². The van der Waals surface area contributed by atoms with E-state index in [1.807, 2.05) is 31.2 Å². The third kappa shape index (κ3) is 2.44. The third-order valence-corrected chi connectivity index (χ3v) is 4.09. The van der Waals surface area contributed by atoms with Crippen LogP contribution in [0.15, 0.2) is 30.5 Å². The summed E-state index contributed by atoms with van der Waals surface area (Å²) in [5, 5.41) is 7.05. The number of nitrogens with zero attached hydrogens (tertiary/aromatic N) is 5. The SMILES string of the molecule is Cc1nc([C@H]2CCCN2C(=O)c2cnc3ccccc3n2)n[nH]1. The van der Waals surface area contributed by atoms with E-state index in [2.05, 4.69) is 25.1 Å². The summed E-state index contributed by atoms with van der Waals surface area (Å²) < 4.78 is 0. The predicted octanol–water partition coefficient (Wildman–Crippen LogP) is 2.03. The van der Waals surface area contributed by atoms with E-state index in [0.29, 0.717) is 18.1 Å². The maximum atomic E-state index is 12.8. The Hall–Kier alpha value is -2.83. The van der Waals surface area contributed by atoms with E-state index in [-0.39, 0.29) is 11.9 Å². The number of nitrogens with one attached hydrogen (secondary N) is 1. The Bertz CT molecular complexity index is 874. The number of carbonyl (C=O) groups excluding carboxylic acids is 1. The molecule has 3 heterocycles. The fraction of sp³-hybridized carbons (Fsp3) is 0.312. The van der Waals surface area contributed by atoms with Crippen molar-refractivity contribution >= 4 is 16.9 Å². The van der Waals surface area contributed by atoms with Gasteiger partial charge < -0.3 is 4.90 Å². The number of H-pyrrole nitrogens is 1. The van der Waals surface area contributed by atoms with Crippen molar-refractivity contribution in [3.63, 3.8) is 0 Å². The standard InChI is InChI=1S/C16H16N6O/c1-10-18-15(21-20-10)14-7-4-8-22(14)16(23)13-9-17-11-5-2-3-6-12(11)19-13/h2-3,5-6,9,14H,4,7-8H2,1H3,(H,18,20,21)/t14-/m1/s1. The van der Waals surface area contributed by atoms with Crippen molar-refractivity contribution in [3.8, 4) is 0 Å². The predicted molar refractivity (Wildman–Crippen MR) is 83.7 cm³/mol. The lowest BCUT2D eigenvalue weighted by atomic mass is 10.2. The molecule has 7 heteroatoms. The summed E-state index contributed by atoms with van der Waals surface area (Å²) in [6.45, 7) is 2.54. The Labute approximate surface area is 132 Å². The molecule has 7 nitrogen and oxygen atoms in total. The number of aromatic nitrogens is 5. The number of hydrogen-bond acceptors (Lipinski definition) is 5. The summed E-state index contributed by atoms with van der Waals surface area (Å²) in [5.74, 6) is 1.31. The first-order valence-electron chi connectivity index (χ1n) is 7.64. The minimum absolute atomic E-state index is 0.0966. The molecule has 0 bridgehead atoms.